The van der Waals surface area contributed by atoms with Gasteiger partial charge in [-0.2, -0.15) is 0 Å². The average molecular weight is 226 g/mol. The molecule has 0 radical (unpaired) electrons. The van der Waals surface area contributed by atoms with Crippen molar-refractivity contribution >= 4 is 17.2 Å². The van der Waals surface area contributed by atoms with Crippen LogP contribution in [0.3, 0.4) is 0 Å². The van der Waals surface area contributed by atoms with Gasteiger partial charge in [-0.25, -0.2) is 0 Å². The van der Waals surface area contributed by atoms with Gasteiger partial charge in [-0.05, 0) is 25.0 Å². The number of nitrogens with two attached hydrogens (primary N) is 1. The van der Waals surface area contributed by atoms with Crippen LogP contribution in [0.25, 0.3) is 0 Å². The Hall–Kier alpha value is -0.870. The summed E-state index contributed by atoms with van der Waals surface area (Å²) in [6.45, 7) is 4.63. The Labute approximate surface area is 94.7 Å². The van der Waals surface area contributed by atoms with Gasteiger partial charge in [-0.15, -0.1) is 11.3 Å². The van der Waals surface area contributed by atoms with Crippen LogP contribution in [-0.4, -0.2) is 11.9 Å². The van der Waals surface area contributed by atoms with Gasteiger partial charge in [0.05, 0.1) is 12.6 Å². The van der Waals surface area contributed by atoms with Gasteiger partial charge in [0.1, 0.15) is 0 Å². The number of amides is 1. The van der Waals surface area contributed by atoms with E-state index in [1.807, 2.05) is 6.92 Å². The molecule has 0 aliphatic carbocycles. The summed E-state index contributed by atoms with van der Waals surface area (Å²) in [6, 6.07) is 3.78. The third-order valence-corrected chi connectivity index (χ3v) is 3.51. The fourth-order valence-electron chi connectivity index (χ4n) is 1.20. The number of hydrogen-bond donors (Lipinski definition) is 2. The minimum absolute atomic E-state index is 0.0658. The maximum Gasteiger partial charge on any atom is 0.237 e. The minimum atomic E-state index is -0.379. The normalized spacial score (nSPS) is 12.5. The number of rotatable bonds is 5. The Morgan fingerprint density at radius 3 is 2.67 bits per heavy atom. The summed E-state index contributed by atoms with van der Waals surface area (Å²) in [5.41, 5.74) is 5.60. The summed E-state index contributed by atoms with van der Waals surface area (Å²) >= 11 is 1.74. The number of aryl methyl sites for hydroxylation is 1. The monoisotopic (exact) mass is 226 g/mol. The molecule has 1 aromatic heterocycles. The lowest BCUT2D eigenvalue weighted by Crippen LogP contribution is -2.39. The molecule has 0 spiro atoms. The Balaban J connectivity index is 2.40. The molecule has 1 aromatic rings. The van der Waals surface area contributed by atoms with E-state index in [4.69, 9.17) is 5.73 Å². The second-order valence-electron chi connectivity index (χ2n) is 3.45. The van der Waals surface area contributed by atoms with Gasteiger partial charge in [-0.1, -0.05) is 13.8 Å². The number of hydrogen-bond acceptors (Lipinski definition) is 3. The molecule has 0 fully saturated rings. The van der Waals surface area contributed by atoms with E-state index in [1.54, 1.807) is 11.3 Å². The van der Waals surface area contributed by atoms with Crippen LogP contribution >= 0.6 is 11.3 Å². The Bertz CT molecular complexity index is 322. The molecule has 84 valence electrons. The lowest BCUT2D eigenvalue weighted by atomic mass is 10.2. The van der Waals surface area contributed by atoms with Crippen molar-refractivity contribution in [1.29, 1.82) is 0 Å². The highest BCUT2D eigenvalue weighted by Gasteiger charge is 2.10. The molecule has 0 unspecified atom stereocenters. The van der Waals surface area contributed by atoms with Gasteiger partial charge < -0.3 is 11.1 Å². The van der Waals surface area contributed by atoms with E-state index in [-0.39, 0.29) is 11.9 Å². The number of thiophene rings is 1. The van der Waals surface area contributed by atoms with Crippen LogP contribution in [0.1, 0.15) is 30.0 Å². The summed E-state index contributed by atoms with van der Waals surface area (Å²) in [6.07, 6.45) is 1.73. The van der Waals surface area contributed by atoms with Crippen LogP contribution in [0.2, 0.25) is 0 Å². The van der Waals surface area contributed by atoms with Crippen molar-refractivity contribution in [2.45, 2.75) is 39.3 Å². The van der Waals surface area contributed by atoms with E-state index < -0.39 is 0 Å². The van der Waals surface area contributed by atoms with Crippen molar-refractivity contribution < 1.29 is 4.79 Å². The van der Waals surface area contributed by atoms with Crippen LogP contribution in [-0.2, 0) is 17.8 Å². The molecule has 15 heavy (non-hydrogen) atoms. The summed E-state index contributed by atoms with van der Waals surface area (Å²) in [7, 11) is 0. The van der Waals surface area contributed by atoms with Gasteiger partial charge in [0.2, 0.25) is 5.91 Å². The van der Waals surface area contributed by atoms with Gasteiger partial charge in [0, 0.05) is 9.75 Å². The minimum Gasteiger partial charge on any atom is -0.350 e. The molecule has 1 amide bonds. The summed E-state index contributed by atoms with van der Waals surface area (Å²) in [5.74, 6) is -0.0658. The van der Waals surface area contributed by atoms with Crippen LogP contribution < -0.4 is 11.1 Å². The van der Waals surface area contributed by atoms with Gasteiger partial charge >= 0.3 is 0 Å². The van der Waals surface area contributed by atoms with Crippen molar-refractivity contribution in [3.05, 3.63) is 21.9 Å². The molecule has 1 heterocycles. The molecule has 0 saturated carbocycles. The smallest absolute Gasteiger partial charge is 0.237 e. The lowest BCUT2D eigenvalue weighted by molar-refractivity contribution is -0.122. The number of carbonyl (C=O) groups excluding carboxylic acids is 1. The quantitative estimate of drug-likeness (QED) is 0.802. The number of nitrogens with one attached hydrogen (secondary N) is 1. The highest BCUT2D eigenvalue weighted by molar-refractivity contribution is 7.11. The largest absolute Gasteiger partial charge is 0.350 e. The third kappa shape index (κ3) is 3.64. The van der Waals surface area contributed by atoms with E-state index in [1.165, 1.54) is 9.75 Å². The Morgan fingerprint density at radius 1 is 1.47 bits per heavy atom. The molecule has 3 N–H and O–H groups in total. The molecule has 4 heteroatoms. The van der Waals surface area contributed by atoms with Crippen molar-refractivity contribution in [2.24, 2.45) is 5.73 Å². The highest BCUT2D eigenvalue weighted by atomic mass is 32.1. The van der Waals surface area contributed by atoms with E-state index in [9.17, 15) is 4.79 Å². The lowest BCUT2D eigenvalue weighted by Gasteiger charge is -2.08. The summed E-state index contributed by atoms with van der Waals surface area (Å²) in [4.78, 5) is 13.9. The maximum atomic E-state index is 11.4. The van der Waals surface area contributed by atoms with Gasteiger partial charge in [-0.3, -0.25) is 4.79 Å². The van der Waals surface area contributed by atoms with Crippen LogP contribution in [0.4, 0.5) is 0 Å². The molecule has 0 aromatic carbocycles. The zero-order chi connectivity index (χ0) is 11.3. The van der Waals surface area contributed by atoms with E-state index in [2.05, 4.69) is 24.4 Å². The second kappa shape index (κ2) is 5.88. The molecule has 3 nitrogen and oxygen atoms in total. The SMILES string of the molecule is CCc1ccc(CNC(=O)[C@H](N)CC)s1. The topological polar surface area (TPSA) is 55.1 Å². The maximum absolute atomic E-state index is 11.4. The first-order valence-corrected chi connectivity index (χ1v) is 6.09. The molecule has 0 bridgehead atoms. The second-order valence-corrected chi connectivity index (χ2v) is 4.71. The van der Waals surface area contributed by atoms with Crippen molar-refractivity contribution in [3.8, 4) is 0 Å². The first-order chi connectivity index (χ1) is 7.17. The van der Waals surface area contributed by atoms with E-state index >= 15 is 0 Å². The number of carbonyl (C=O) groups is 1. The zero-order valence-corrected chi connectivity index (χ0v) is 10.1. The first kappa shape index (κ1) is 12.2. The van der Waals surface area contributed by atoms with Gasteiger partial charge in [0.15, 0.2) is 0 Å². The standard InChI is InChI=1S/C11H18N2OS/c1-3-8-5-6-9(15-8)7-13-11(14)10(12)4-2/h5-6,10H,3-4,7,12H2,1-2H3,(H,13,14)/t10-/m1/s1. The molecule has 0 aliphatic heterocycles. The zero-order valence-electron chi connectivity index (χ0n) is 9.25. The predicted molar refractivity (Wildman–Crippen MR) is 63.8 cm³/mol. The van der Waals surface area contributed by atoms with E-state index in [0.29, 0.717) is 13.0 Å². The third-order valence-electron chi connectivity index (χ3n) is 2.28. The predicted octanol–water partition coefficient (Wildman–Crippen LogP) is 1.66. The van der Waals surface area contributed by atoms with Crippen molar-refractivity contribution in [1.82, 2.24) is 5.32 Å². The van der Waals surface area contributed by atoms with Crippen LogP contribution in [0.15, 0.2) is 12.1 Å². The molecule has 1 atom stereocenters. The molecular weight excluding hydrogens is 208 g/mol. The Kier molecular flexibility index (Phi) is 4.78. The molecular formula is C11H18N2OS. The fourth-order valence-corrected chi connectivity index (χ4v) is 2.10. The average Bonchev–Trinajstić information content (AvgIpc) is 2.72. The first-order valence-electron chi connectivity index (χ1n) is 5.28. The highest BCUT2D eigenvalue weighted by Crippen LogP contribution is 2.16. The fraction of sp³-hybridized carbons (Fsp3) is 0.545. The molecule has 1 rings (SSSR count). The summed E-state index contributed by atoms with van der Waals surface area (Å²) in [5, 5.41) is 2.83. The van der Waals surface area contributed by atoms with Crippen LogP contribution in [0, 0.1) is 0 Å². The van der Waals surface area contributed by atoms with Gasteiger partial charge in [0.25, 0.3) is 0 Å². The molecule has 0 saturated heterocycles. The van der Waals surface area contributed by atoms with E-state index in [0.717, 1.165) is 6.42 Å². The Morgan fingerprint density at radius 2 is 2.13 bits per heavy atom. The van der Waals surface area contributed by atoms with Crippen molar-refractivity contribution in [2.75, 3.05) is 0 Å². The van der Waals surface area contributed by atoms with Crippen molar-refractivity contribution in [3.63, 3.8) is 0 Å². The van der Waals surface area contributed by atoms with Crippen LogP contribution in [0.5, 0.6) is 0 Å². The summed E-state index contributed by atoms with van der Waals surface area (Å²) < 4.78 is 0. The molecule has 0 aliphatic rings.